The first-order chi connectivity index (χ1) is 16.0. The van der Waals surface area contributed by atoms with Gasteiger partial charge in [-0.3, -0.25) is 9.79 Å². The van der Waals surface area contributed by atoms with Gasteiger partial charge in [0.25, 0.3) is 0 Å². The topological polar surface area (TPSA) is 116 Å². The molecule has 184 valence electrons. The molecule has 0 radical (unpaired) electrons. The molecule has 34 heavy (non-hydrogen) atoms. The van der Waals surface area contributed by atoms with Gasteiger partial charge in [-0.1, -0.05) is 30.3 Å². The Morgan fingerprint density at radius 1 is 1.00 bits per heavy atom. The lowest BCUT2D eigenvalue weighted by Crippen LogP contribution is -2.34. The molecule has 2 aromatic carbocycles. The molecular weight excluding hydrogens is 476 g/mol. The first kappa shape index (κ1) is 25.9. The standard InChI is InChI=1S/C23H30N4O5S2/c1-26(15-11-18-7-9-19(10-8-18)23-24-13-14-25-23)22(28)12-16-27(2)34(31,32)21-6-4-5-20(17-21)33(3,29)30/h4-10,17H,11-16H2,1-3H3,(H,24,25). The number of hydrogen-bond acceptors (Lipinski definition) is 7. The second-order valence-electron chi connectivity index (χ2n) is 8.24. The molecule has 1 aliphatic heterocycles. The van der Waals surface area contributed by atoms with Gasteiger partial charge in [-0.25, -0.2) is 21.1 Å². The van der Waals surface area contributed by atoms with Crippen molar-refractivity contribution in [1.82, 2.24) is 14.5 Å². The zero-order valence-electron chi connectivity index (χ0n) is 19.6. The molecule has 0 aliphatic carbocycles. The fraction of sp³-hybridized carbons (Fsp3) is 0.391. The average Bonchev–Trinajstić information content (AvgIpc) is 3.35. The zero-order chi connectivity index (χ0) is 24.9. The summed E-state index contributed by atoms with van der Waals surface area (Å²) in [7, 11) is -4.40. The van der Waals surface area contributed by atoms with Crippen LogP contribution in [0, 0.1) is 0 Å². The van der Waals surface area contributed by atoms with Gasteiger partial charge in [0, 0.05) is 52.0 Å². The lowest BCUT2D eigenvalue weighted by Gasteiger charge is -2.21. The number of rotatable bonds is 10. The Bertz CT molecular complexity index is 1270. The van der Waals surface area contributed by atoms with E-state index < -0.39 is 19.9 Å². The Balaban J connectivity index is 1.52. The number of nitrogens with zero attached hydrogens (tertiary/aromatic N) is 3. The SMILES string of the molecule is CN(CCc1ccc(C2=NCCN2)cc1)C(=O)CCN(C)S(=O)(=O)c1cccc(S(C)(=O)=O)c1. The number of amidine groups is 1. The van der Waals surface area contributed by atoms with Gasteiger partial charge >= 0.3 is 0 Å². The third-order valence-electron chi connectivity index (χ3n) is 5.65. The first-order valence-corrected chi connectivity index (χ1v) is 14.2. The Kier molecular flexibility index (Phi) is 8.11. The van der Waals surface area contributed by atoms with Crippen LogP contribution in [-0.4, -0.2) is 84.3 Å². The Hall–Kier alpha value is -2.76. The second kappa shape index (κ2) is 10.7. The molecule has 0 bridgehead atoms. The number of hydrogen-bond donors (Lipinski definition) is 1. The Labute approximate surface area is 201 Å². The van der Waals surface area contributed by atoms with E-state index in [0.29, 0.717) is 13.0 Å². The highest BCUT2D eigenvalue weighted by Gasteiger charge is 2.23. The number of aliphatic imine (C=N–C) groups is 1. The van der Waals surface area contributed by atoms with Crippen LogP contribution in [0.4, 0.5) is 0 Å². The molecule has 0 aromatic heterocycles. The molecule has 0 spiro atoms. The third kappa shape index (κ3) is 6.43. The quantitative estimate of drug-likeness (QED) is 0.517. The Morgan fingerprint density at radius 2 is 1.68 bits per heavy atom. The monoisotopic (exact) mass is 506 g/mol. The highest BCUT2D eigenvalue weighted by Crippen LogP contribution is 2.19. The van der Waals surface area contributed by atoms with Gasteiger partial charge < -0.3 is 10.2 Å². The fourth-order valence-corrected chi connectivity index (χ4v) is 5.41. The summed E-state index contributed by atoms with van der Waals surface area (Å²) in [5.41, 5.74) is 2.13. The van der Waals surface area contributed by atoms with Gasteiger partial charge in [0.15, 0.2) is 9.84 Å². The van der Waals surface area contributed by atoms with Crippen molar-refractivity contribution >= 4 is 31.6 Å². The smallest absolute Gasteiger partial charge is 0.242 e. The molecule has 1 heterocycles. The number of nitrogens with one attached hydrogen (secondary N) is 1. The lowest BCUT2D eigenvalue weighted by molar-refractivity contribution is -0.129. The van der Waals surface area contributed by atoms with Crippen molar-refractivity contribution in [3.05, 3.63) is 59.7 Å². The van der Waals surface area contributed by atoms with Crippen molar-refractivity contribution < 1.29 is 21.6 Å². The van der Waals surface area contributed by atoms with Gasteiger partial charge in [0.2, 0.25) is 15.9 Å². The van der Waals surface area contributed by atoms with E-state index in [4.69, 9.17) is 0 Å². The maximum absolute atomic E-state index is 12.8. The summed E-state index contributed by atoms with van der Waals surface area (Å²) in [5.74, 6) is 0.731. The van der Waals surface area contributed by atoms with Gasteiger partial charge in [-0.15, -0.1) is 0 Å². The minimum Gasteiger partial charge on any atom is -0.368 e. The molecule has 1 amide bonds. The number of benzene rings is 2. The summed E-state index contributed by atoms with van der Waals surface area (Å²) in [4.78, 5) is 18.3. The summed E-state index contributed by atoms with van der Waals surface area (Å²) in [6.07, 6.45) is 1.71. The molecular formula is C23H30N4O5S2. The van der Waals surface area contributed by atoms with Crippen LogP contribution in [0.1, 0.15) is 17.5 Å². The molecule has 3 rings (SSSR count). The second-order valence-corrected chi connectivity index (χ2v) is 12.3. The predicted octanol–water partition coefficient (Wildman–Crippen LogP) is 1.15. The van der Waals surface area contributed by atoms with E-state index >= 15 is 0 Å². The van der Waals surface area contributed by atoms with Crippen molar-refractivity contribution in [2.75, 3.05) is 46.5 Å². The fourth-order valence-electron chi connectivity index (χ4n) is 3.45. The third-order valence-corrected chi connectivity index (χ3v) is 8.61. The van der Waals surface area contributed by atoms with Crippen LogP contribution in [0.5, 0.6) is 0 Å². The summed E-state index contributed by atoms with van der Waals surface area (Å²) in [6.45, 7) is 2.13. The molecule has 1 aliphatic rings. The van der Waals surface area contributed by atoms with Gasteiger partial charge in [0.05, 0.1) is 16.3 Å². The molecule has 11 heteroatoms. The molecule has 0 atom stereocenters. The van der Waals surface area contributed by atoms with Crippen LogP contribution in [0.3, 0.4) is 0 Å². The molecule has 1 N–H and O–H groups in total. The van der Waals surface area contributed by atoms with Crippen LogP contribution in [-0.2, 0) is 31.1 Å². The number of sulfonamides is 1. The molecule has 0 saturated heterocycles. The van der Waals surface area contributed by atoms with Crippen molar-refractivity contribution in [3.8, 4) is 0 Å². The number of carbonyl (C=O) groups is 1. The van der Waals surface area contributed by atoms with Crippen LogP contribution < -0.4 is 5.32 Å². The molecule has 0 unspecified atom stereocenters. The average molecular weight is 507 g/mol. The van der Waals surface area contributed by atoms with E-state index in [9.17, 15) is 21.6 Å². The van der Waals surface area contributed by atoms with Crippen LogP contribution in [0.15, 0.2) is 63.3 Å². The Morgan fingerprint density at radius 3 is 2.29 bits per heavy atom. The highest BCUT2D eigenvalue weighted by atomic mass is 32.2. The van der Waals surface area contributed by atoms with Crippen molar-refractivity contribution in [2.24, 2.45) is 4.99 Å². The number of amides is 1. The van der Waals surface area contributed by atoms with Crippen LogP contribution >= 0.6 is 0 Å². The number of sulfone groups is 1. The predicted molar refractivity (Wildman–Crippen MR) is 131 cm³/mol. The molecule has 0 saturated carbocycles. The minimum atomic E-state index is -3.93. The zero-order valence-corrected chi connectivity index (χ0v) is 21.2. The summed E-state index contributed by atoms with van der Waals surface area (Å²) >= 11 is 0. The van der Waals surface area contributed by atoms with Crippen molar-refractivity contribution in [1.29, 1.82) is 0 Å². The molecule has 9 nitrogen and oxygen atoms in total. The normalized spacial score (nSPS) is 14.1. The lowest BCUT2D eigenvalue weighted by atomic mass is 10.1. The summed E-state index contributed by atoms with van der Waals surface area (Å²) in [5, 5.41) is 3.23. The van der Waals surface area contributed by atoms with Crippen molar-refractivity contribution in [2.45, 2.75) is 22.6 Å². The van der Waals surface area contributed by atoms with Crippen LogP contribution in [0.2, 0.25) is 0 Å². The number of likely N-dealkylation sites (N-methyl/N-ethyl adjacent to an activating group) is 1. The summed E-state index contributed by atoms with van der Waals surface area (Å²) < 4.78 is 50.2. The maximum Gasteiger partial charge on any atom is 0.242 e. The van der Waals surface area contributed by atoms with E-state index in [-0.39, 0.29) is 28.7 Å². The van der Waals surface area contributed by atoms with Gasteiger partial charge in [-0.05, 0) is 30.2 Å². The number of carbonyl (C=O) groups excluding carboxylic acids is 1. The highest BCUT2D eigenvalue weighted by molar-refractivity contribution is 7.91. The first-order valence-electron chi connectivity index (χ1n) is 10.9. The molecule has 2 aromatic rings. The van der Waals surface area contributed by atoms with E-state index in [2.05, 4.69) is 10.3 Å². The van der Waals surface area contributed by atoms with E-state index in [1.807, 2.05) is 24.3 Å². The van der Waals surface area contributed by atoms with E-state index in [0.717, 1.165) is 46.7 Å². The van der Waals surface area contributed by atoms with Gasteiger partial charge in [0.1, 0.15) is 5.84 Å². The largest absolute Gasteiger partial charge is 0.368 e. The maximum atomic E-state index is 12.8. The summed E-state index contributed by atoms with van der Waals surface area (Å²) in [6, 6.07) is 13.3. The van der Waals surface area contributed by atoms with Crippen LogP contribution in [0.25, 0.3) is 0 Å². The van der Waals surface area contributed by atoms with E-state index in [1.54, 1.807) is 11.9 Å². The van der Waals surface area contributed by atoms with E-state index in [1.165, 1.54) is 25.2 Å². The van der Waals surface area contributed by atoms with Gasteiger partial charge in [-0.2, -0.15) is 0 Å². The molecule has 0 fully saturated rings. The van der Waals surface area contributed by atoms with Crippen molar-refractivity contribution in [3.63, 3.8) is 0 Å². The minimum absolute atomic E-state index is 0.0155.